The Bertz CT molecular complexity index is 429. The van der Waals surface area contributed by atoms with Crippen LogP contribution >= 0.6 is 0 Å². The second-order valence-electron chi connectivity index (χ2n) is 3.15. The molecule has 0 bridgehead atoms. The maximum atomic E-state index is 8.85. The number of methoxy groups -OCH3 is 1. The summed E-state index contributed by atoms with van der Waals surface area (Å²) in [5.41, 5.74) is 2.63. The number of allylic oxidation sites excluding steroid dienone is 1. The van der Waals surface area contributed by atoms with Crippen LogP contribution in [0.15, 0.2) is 18.0 Å². The van der Waals surface area contributed by atoms with E-state index in [4.69, 9.17) is 10.00 Å². The molecule has 0 atom stereocenters. The van der Waals surface area contributed by atoms with Gasteiger partial charge in [0.05, 0.1) is 12.9 Å². The molecule has 0 aromatic carbocycles. The Morgan fingerprint density at radius 2 is 2.36 bits per heavy atom. The summed E-state index contributed by atoms with van der Waals surface area (Å²) < 4.78 is 5.18. The average Bonchev–Trinajstić information content (AvgIpc) is 2.27. The van der Waals surface area contributed by atoms with Crippen LogP contribution in [-0.2, 0) is 11.2 Å². The first-order valence-corrected chi connectivity index (χ1v) is 4.47. The van der Waals surface area contributed by atoms with Gasteiger partial charge in [-0.15, -0.1) is 0 Å². The van der Waals surface area contributed by atoms with Gasteiger partial charge in [0, 0.05) is 12.6 Å². The van der Waals surface area contributed by atoms with Gasteiger partial charge in [-0.2, -0.15) is 5.26 Å². The molecule has 1 aliphatic rings. The van der Waals surface area contributed by atoms with E-state index in [9.17, 15) is 0 Å². The third-order valence-corrected chi connectivity index (χ3v) is 2.40. The minimum atomic E-state index is 0.536. The van der Waals surface area contributed by atoms with Crippen LogP contribution in [0.4, 0.5) is 0 Å². The van der Waals surface area contributed by atoms with Crippen molar-refractivity contribution in [2.75, 3.05) is 7.11 Å². The Kier molecular flexibility index (Phi) is 2.19. The van der Waals surface area contributed by atoms with Gasteiger partial charge in [0.2, 0.25) is 0 Å². The van der Waals surface area contributed by atoms with Gasteiger partial charge in [0.25, 0.3) is 0 Å². The Labute approximate surface area is 82.7 Å². The molecule has 1 aliphatic carbocycles. The Morgan fingerprint density at radius 1 is 1.50 bits per heavy atom. The smallest absolute Gasteiger partial charge is 0.144 e. The largest absolute Gasteiger partial charge is 0.501 e. The van der Waals surface area contributed by atoms with Crippen molar-refractivity contribution >= 4 is 6.08 Å². The van der Waals surface area contributed by atoms with Crippen molar-refractivity contribution in [2.45, 2.75) is 12.8 Å². The summed E-state index contributed by atoms with van der Waals surface area (Å²) >= 11 is 0. The van der Waals surface area contributed by atoms with Crippen LogP contribution in [0.25, 0.3) is 6.08 Å². The molecule has 0 aliphatic heterocycles. The van der Waals surface area contributed by atoms with Crippen LogP contribution in [0.2, 0.25) is 0 Å². The number of rotatable bonds is 1. The molecule has 0 fully saturated rings. The highest BCUT2D eigenvalue weighted by molar-refractivity contribution is 5.60. The summed E-state index contributed by atoms with van der Waals surface area (Å²) in [5.74, 6) is 0.965. The van der Waals surface area contributed by atoms with E-state index in [0.717, 1.165) is 29.7 Å². The molecule has 0 radical (unpaired) electrons. The van der Waals surface area contributed by atoms with Gasteiger partial charge in [-0.25, -0.2) is 4.98 Å². The molecule has 0 saturated carbocycles. The van der Waals surface area contributed by atoms with Crippen molar-refractivity contribution in [3.63, 3.8) is 0 Å². The standard InChI is InChI=1S/C11H10N2O/c1-14-9-2-3-10-8(6-9)4-5-13-11(10)7-12/h4-6H,2-3H2,1H3. The number of fused-ring (bicyclic) bond motifs is 1. The Morgan fingerprint density at radius 3 is 3.07 bits per heavy atom. The number of nitrogens with zero attached hydrogens (tertiary/aromatic N) is 2. The molecular weight excluding hydrogens is 176 g/mol. The zero-order chi connectivity index (χ0) is 9.97. The van der Waals surface area contributed by atoms with Crippen molar-refractivity contribution in [2.24, 2.45) is 0 Å². The lowest BCUT2D eigenvalue weighted by atomic mass is 9.95. The topological polar surface area (TPSA) is 45.9 Å². The monoisotopic (exact) mass is 186 g/mol. The van der Waals surface area contributed by atoms with Crippen molar-refractivity contribution < 1.29 is 4.74 Å². The van der Waals surface area contributed by atoms with E-state index in [1.165, 1.54) is 0 Å². The average molecular weight is 186 g/mol. The second-order valence-corrected chi connectivity index (χ2v) is 3.15. The number of pyridine rings is 1. The summed E-state index contributed by atoms with van der Waals surface area (Å²) in [6, 6.07) is 4.02. The van der Waals surface area contributed by atoms with Gasteiger partial charge >= 0.3 is 0 Å². The van der Waals surface area contributed by atoms with Crippen molar-refractivity contribution in [1.29, 1.82) is 5.26 Å². The van der Waals surface area contributed by atoms with Crippen molar-refractivity contribution in [3.8, 4) is 6.07 Å². The first kappa shape index (κ1) is 8.76. The summed E-state index contributed by atoms with van der Waals surface area (Å²) in [5, 5.41) is 8.85. The molecule has 0 N–H and O–H groups in total. The molecule has 1 aromatic rings. The molecule has 14 heavy (non-hydrogen) atoms. The number of hydrogen-bond acceptors (Lipinski definition) is 3. The van der Waals surface area contributed by atoms with Gasteiger partial charge in [0.1, 0.15) is 11.8 Å². The molecular formula is C11H10N2O. The molecule has 0 spiro atoms. The molecule has 0 amide bonds. The molecule has 3 nitrogen and oxygen atoms in total. The van der Waals surface area contributed by atoms with Crippen LogP contribution in [0.5, 0.6) is 0 Å². The Balaban J connectivity index is 2.52. The van der Waals surface area contributed by atoms with Crippen molar-refractivity contribution in [3.05, 3.63) is 34.8 Å². The van der Waals surface area contributed by atoms with E-state index in [0.29, 0.717) is 5.69 Å². The van der Waals surface area contributed by atoms with Gasteiger partial charge in [-0.05, 0) is 29.7 Å². The fraction of sp³-hybridized carbons (Fsp3) is 0.273. The van der Waals surface area contributed by atoms with Gasteiger partial charge in [0.15, 0.2) is 0 Å². The zero-order valence-electron chi connectivity index (χ0n) is 7.95. The summed E-state index contributed by atoms with van der Waals surface area (Å²) in [6.07, 6.45) is 5.32. The van der Waals surface area contributed by atoms with E-state index in [1.54, 1.807) is 13.3 Å². The van der Waals surface area contributed by atoms with E-state index >= 15 is 0 Å². The molecule has 0 unspecified atom stereocenters. The number of ether oxygens (including phenoxy) is 1. The molecule has 3 heteroatoms. The van der Waals surface area contributed by atoms with Gasteiger partial charge < -0.3 is 4.74 Å². The van der Waals surface area contributed by atoms with Crippen LogP contribution in [0.3, 0.4) is 0 Å². The van der Waals surface area contributed by atoms with Crippen LogP contribution in [0, 0.1) is 11.3 Å². The maximum absolute atomic E-state index is 8.85. The highest BCUT2D eigenvalue weighted by Crippen LogP contribution is 2.25. The lowest BCUT2D eigenvalue weighted by Gasteiger charge is -2.15. The van der Waals surface area contributed by atoms with Crippen LogP contribution in [0.1, 0.15) is 23.2 Å². The molecule has 1 aromatic heterocycles. The van der Waals surface area contributed by atoms with E-state index < -0.39 is 0 Å². The van der Waals surface area contributed by atoms with Crippen LogP contribution in [-0.4, -0.2) is 12.1 Å². The van der Waals surface area contributed by atoms with Crippen LogP contribution < -0.4 is 0 Å². The third-order valence-electron chi connectivity index (χ3n) is 2.40. The first-order chi connectivity index (χ1) is 6.85. The number of hydrogen-bond donors (Lipinski definition) is 0. The first-order valence-electron chi connectivity index (χ1n) is 4.47. The molecule has 2 rings (SSSR count). The van der Waals surface area contributed by atoms with E-state index in [2.05, 4.69) is 11.1 Å². The minimum absolute atomic E-state index is 0.536. The fourth-order valence-corrected chi connectivity index (χ4v) is 1.66. The summed E-state index contributed by atoms with van der Waals surface area (Å²) in [6.45, 7) is 0. The molecule has 70 valence electrons. The predicted molar refractivity (Wildman–Crippen MR) is 52.3 cm³/mol. The van der Waals surface area contributed by atoms with Gasteiger partial charge in [-0.1, -0.05) is 0 Å². The highest BCUT2D eigenvalue weighted by Gasteiger charge is 2.14. The number of aromatic nitrogens is 1. The van der Waals surface area contributed by atoms with E-state index in [-0.39, 0.29) is 0 Å². The van der Waals surface area contributed by atoms with E-state index in [1.807, 2.05) is 12.1 Å². The maximum Gasteiger partial charge on any atom is 0.144 e. The molecule has 0 saturated heterocycles. The minimum Gasteiger partial charge on any atom is -0.501 e. The number of nitriles is 1. The Hall–Kier alpha value is -1.82. The lowest BCUT2D eigenvalue weighted by molar-refractivity contribution is 0.280. The normalized spacial score (nSPS) is 13.9. The highest BCUT2D eigenvalue weighted by atomic mass is 16.5. The third kappa shape index (κ3) is 1.35. The summed E-state index contributed by atoms with van der Waals surface area (Å²) in [4.78, 5) is 4.03. The van der Waals surface area contributed by atoms with Gasteiger partial charge in [-0.3, -0.25) is 0 Å². The zero-order valence-corrected chi connectivity index (χ0v) is 7.95. The summed E-state index contributed by atoms with van der Waals surface area (Å²) in [7, 11) is 1.67. The quantitative estimate of drug-likeness (QED) is 0.672. The lowest BCUT2D eigenvalue weighted by Crippen LogP contribution is -2.04. The SMILES string of the molecule is COC1=Cc2ccnc(C#N)c2CC1. The second kappa shape index (κ2) is 3.51. The molecule has 1 heterocycles. The fourth-order valence-electron chi connectivity index (χ4n) is 1.66. The predicted octanol–water partition coefficient (Wildman–Crippen LogP) is 1.89. The van der Waals surface area contributed by atoms with Crippen molar-refractivity contribution in [1.82, 2.24) is 4.98 Å².